The van der Waals surface area contributed by atoms with Crippen LogP contribution in [0.15, 0.2) is 48.5 Å². The molecule has 2 aliphatic heterocycles. The van der Waals surface area contributed by atoms with E-state index in [4.69, 9.17) is 4.74 Å². The van der Waals surface area contributed by atoms with E-state index in [0.717, 1.165) is 50.0 Å². The number of rotatable bonds is 6. The summed E-state index contributed by atoms with van der Waals surface area (Å²) >= 11 is 0. The number of nitrogens with one attached hydrogen (secondary N) is 2. The van der Waals surface area contributed by atoms with Gasteiger partial charge in [-0.25, -0.2) is 4.79 Å². The Balaban J connectivity index is 1.29. The van der Waals surface area contributed by atoms with Gasteiger partial charge in [0, 0.05) is 63.8 Å². The van der Waals surface area contributed by atoms with Gasteiger partial charge in [0.15, 0.2) is 0 Å². The zero-order valence-electron chi connectivity index (χ0n) is 22.6. The van der Waals surface area contributed by atoms with Crippen LogP contribution in [0.4, 0.5) is 16.2 Å². The van der Waals surface area contributed by atoms with Crippen LogP contribution in [0, 0.1) is 5.92 Å². The number of piperazine rings is 2. The van der Waals surface area contributed by atoms with Gasteiger partial charge in [0.25, 0.3) is 5.91 Å². The molecule has 39 heavy (non-hydrogen) atoms. The predicted molar refractivity (Wildman–Crippen MR) is 151 cm³/mol. The van der Waals surface area contributed by atoms with Gasteiger partial charge in [-0.2, -0.15) is 0 Å². The van der Waals surface area contributed by atoms with Crippen LogP contribution in [0.1, 0.15) is 48.0 Å². The highest BCUT2D eigenvalue weighted by Gasteiger charge is 2.29. The molecule has 0 aromatic heterocycles. The van der Waals surface area contributed by atoms with E-state index < -0.39 is 6.09 Å². The van der Waals surface area contributed by atoms with Gasteiger partial charge in [-0.15, -0.1) is 0 Å². The number of amides is 3. The molecule has 0 atom stereocenters. The van der Waals surface area contributed by atoms with E-state index in [0.29, 0.717) is 50.5 Å². The molecule has 1 saturated carbocycles. The molecule has 3 fully saturated rings. The molecule has 2 aromatic carbocycles. The first-order chi connectivity index (χ1) is 19.1. The van der Waals surface area contributed by atoms with Crippen LogP contribution in [-0.2, 0) is 16.1 Å². The number of hydrogen-bond acceptors (Lipinski definition) is 6. The Labute approximate surface area is 230 Å². The van der Waals surface area contributed by atoms with Crippen molar-refractivity contribution in [3.8, 4) is 0 Å². The quantitative estimate of drug-likeness (QED) is 0.588. The molecule has 208 valence electrons. The summed E-state index contributed by atoms with van der Waals surface area (Å²) < 4.78 is 5.48. The van der Waals surface area contributed by atoms with Crippen LogP contribution >= 0.6 is 0 Å². The van der Waals surface area contributed by atoms with Gasteiger partial charge < -0.3 is 24.8 Å². The van der Waals surface area contributed by atoms with Crippen LogP contribution < -0.4 is 15.5 Å². The highest BCUT2D eigenvalue weighted by Crippen LogP contribution is 2.31. The average molecular weight is 534 g/mol. The van der Waals surface area contributed by atoms with Gasteiger partial charge in [-0.3, -0.25) is 14.9 Å². The zero-order valence-corrected chi connectivity index (χ0v) is 22.6. The molecule has 2 N–H and O–H groups in total. The SMILES string of the molecule is O=C(Nc1cc(C(=O)N2CCNCC2)ccc1N1CCN(C(=O)C2CCCCC2)CC1)OCc1ccccc1. The van der Waals surface area contributed by atoms with Crippen molar-refractivity contribution < 1.29 is 19.1 Å². The highest BCUT2D eigenvalue weighted by atomic mass is 16.5. The van der Waals surface area contributed by atoms with Gasteiger partial charge in [0.2, 0.25) is 5.91 Å². The molecule has 1 aliphatic carbocycles. The number of benzene rings is 2. The van der Waals surface area contributed by atoms with E-state index in [1.807, 2.05) is 52.3 Å². The Morgan fingerprint density at radius 1 is 0.846 bits per heavy atom. The first kappa shape index (κ1) is 27.0. The lowest BCUT2D eigenvalue weighted by atomic mass is 9.88. The molecule has 0 bridgehead atoms. The lowest BCUT2D eigenvalue weighted by Crippen LogP contribution is -2.50. The second-order valence-corrected chi connectivity index (χ2v) is 10.6. The third kappa shape index (κ3) is 6.89. The number of carbonyl (C=O) groups is 3. The maximum absolute atomic E-state index is 13.2. The topological polar surface area (TPSA) is 94.2 Å². The summed E-state index contributed by atoms with van der Waals surface area (Å²) in [5.41, 5.74) is 2.80. The lowest BCUT2D eigenvalue weighted by Gasteiger charge is -2.39. The van der Waals surface area contributed by atoms with Gasteiger partial charge in [0.05, 0.1) is 11.4 Å². The van der Waals surface area contributed by atoms with E-state index in [1.54, 1.807) is 6.07 Å². The largest absolute Gasteiger partial charge is 0.444 e. The molecule has 2 heterocycles. The van der Waals surface area contributed by atoms with Crippen LogP contribution in [0.3, 0.4) is 0 Å². The summed E-state index contributed by atoms with van der Waals surface area (Å²) in [6.07, 6.45) is 4.95. The Bertz CT molecular complexity index is 1140. The monoisotopic (exact) mass is 533 g/mol. The summed E-state index contributed by atoms with van der Waals surface area (Å²) in [4.78, 5) is 45.1. The Morgan fingerprint density at radius 3 is 2.28 bits per heavy atom. The molecule has 9 nitrogen and oxygen atoms in total. The summed E-state index contributed by atoms with van der Waals surface area (Å²) in [7, 11) is 0. The summed E-state index contributed by atoms with van der Waals surface area (Å²) in [5.74, 6) is 0.401. The maximum Gasteiger partial charge on any atom is 0.412 e. The van der Waals surface area contributed by atoms with Crippen LogP contribution in [0.25, 0.3) is 0 Å². The molecule has 2 saturated heterocycles. The van der Waals surface area contributed by atoms with Crippen molar-refractivity contribution in [3.63, 3.8) is 0 Å². The minimum Gasteiger partial charge on any atom is -0.444 e. The first-order valence-corrected chi connectivity index (χ1v) is 14.2. The number of hydrogen-bond donors (Lipinski definition) is 2. The minimum atomic E-state index is -0.571. The molecule has 9 heteroatoms. The van der Waals surface area contributed by atoms with Gasteiger partial charge in [-0.1, -0.05) is 49.6 Å². The maximum atomic E-state index is 13.2. The third-order valence-corrected chi connectivity index (χ3v) is 7.98. The van der Waals surface area contributed by atoms with Crippen molar-refractivity contribution in [2.24, 2.45) is 5.92 Å². The Hall–Kier alpha value is -3.59. The lowest BCUT2D eigenvalue weighted by molar-refractivity contribution is -0.136. The van der Waals surface area contributed by atoms with E-state index >= 15 is 0 Å². The number of anilines is 2. The molecular weight excluding hydrogens is 494 g/mol. The van der Waals surface area contributed by atoms with Gasteiger partial charge in [0.1, 0.15) is 6.61 Å². The predicted octanol–water partition coefficient (Wildman–Crippen LogP) is 3.71. The first-order valence-electron chi connectivity index (χ1n) is 14.2. The minimum absolute atomic E-state index is 0.0494. The second-order valence-electron chi connectivity index (χ2n) is 10.6. The molecule has 0 spiro atoms. The Morgan fingerprint density at radius 2 is 1.56 bits per heavy atom. The summed E-state index contributed by atoms with van der Waals surface area (Å²) in [5, 5.41) is 6.16. The van der Waals surface area contributed by atoms with Gasteiger partial charge >= 0.3 is 6.09 Å². The van der Waals surface area contributed by atoms with E-state index in [-0.39, 0.29) is 24.3 Å². The molecule has 5 rings (SSSR count). The second kappa shape index (κ2) is 13.0. The van der Waals surface area contributed by atoms with Crippen molar-refractivity contribution >= 4 is 29.3 Å². The Kier molecular flexibility index (Phi) is 8.98. The highest BCUT2D eigenvalue weighted by molar-refractivity contribution is 5.98. The molecule has 2 aromatic rings. The number of ether oxygens (including phenoxy) is 1. The zero-order chi connectivity index (χ0) is 27.0. The van der Waals surface area contributed by atoms with Crippen molar-refractivity contribution in [1.29, 1.82) is 0 Å². The van der Waals surface area contributed by atoms with E-state index in [2.05, 4.69) is 15.5 Å². The van der Waals surface area contributed by atoms with Crippen LogP contribution in [-0.4, -0.2) is 80.1 Å². The fourth-order valence-electron chi connectivity index (χ4n) is 5.74. The molecule has 3 aliphatic rings. The standard InChI is InChI=1S/C30H39N5O4/c36-28(24-9-5-2-6-10-24)35-19-17-33(18-20-35)27-12-11-25(29(37)34-15-13-31-14-16-34)21-26(27)32-30(38)39-22-23-7-3-1-4-8-23/h1,3-4,7-8,11-12,21,24,31H,2,5-6,9-10,13-20,22H2,(H,32,38). The van der Waals surface area contributed by atoms with Crippen molar-refractivity contribution in [3.05, 3.63) is 59.7 Å². The van der Waals surface area contributed by atoms with Crippen LogP contribution in [0.2, 0.25) is 0 Å². The molecule has 0 unspecified atom stereocenters. The van der Waals surface area contributed by atoms with Gasteiger partial charge in [-0.05, 0) is 36.6 Å². The summed E-state index contributed by atoms with van der Waals surface area (Å²) in [6.45, 7) is 5.62. The molecular formula is C30H39N5O4. The fraction of sp³-hybridized carbons (Fsp3) is 0.500. The van der Waals surface area contributed by atoms with Crippen molar-refractivity contribution in [1.82, 2.24) is 15.1 Å². The average Bonchev–Trinajstić information content (AvgIpc) is 3.01. The van der Waals surface area contributed by atoms with E-state index in [1.165, 1.54) is 6.42 Å². The van der Waals surface area contributed by atoms with Crippen molar-refractivity contribution in [2.45, 2.75) is 38.7 Å². The summed E-state index contributed by atoms with van der Waals surface area (Å²) in [6, 6.07) is 15.0. The number of carbonyl (C=O) groups excluding carboxylic acids is 3. The van der Waals surface area contributed by atoms with Crippen LogP contribution in [0.5, 0.6) is 0 Å². The molecule has 0 radical (unpaired) electrons. The van der Waals surface area contributed by atoms with Crippen molar-refractivity contribution in [2.75, 3.05) is 62.6 Å². The normalized spacial score (nSPS) is 18.5. The van der Waals surface area contributed by atoms with E-state index in [9.17, 15) is 14.4 Å². The third-order valence-electron chi connectivity index (χ3n) is 7.98. The smallest absolute Gasteiger partial charge is 0.412 e. The fourth-order valence-corrected chi connectivity index (χ4v) is 5.74. The number of nitrogens with zero attached hydrogens (tertiary/aromatic N) is 3. The molecule has 3 amide bonds.